The first-order chi connectivity index (χ1) is 19.6. The van der Waals surface area contributed by atoms with Gasteiger partial charge in [0.15, 0.2) is 18.2 Å². The molecular formula is C34H38Br2N2O4. The van der Waals surface area contributed by atoms with Crippen molar-refractivity contribution in [3.05, 3.63) is 78.5 Å². The smallest absolute Gasteiger partial charge is 0.262 e. The number of allylic oxidation sites excluding steroid dienone is 4. The fourth-order valence-electron chi connectivity index (χ4n) is 6.66. The zero-order valence-corrected chi connectivity index (χ0v) is 28.5. The van der Waals surface area contributed by atoms with Crippen LogP contribution in [0.4, 0.5) is 5.69 Å². The summed E-state index contributed by atoms with van der Waals surface area (Å²) in [5.41, 5.74) is 6.87. The quantitative estimate of drug-likeness (QED) is 0.341. The maximum atomic E-state index is 13.8. The lowest BCUT2D eigenvalue weighted by Crippen LogP contribution is -2.43. The summed E-state index contributed by atoms with van der Waals surface area (Å²) < 4.78 is 7.24. The Bertz CT molecular complexity index is 1510. The molecule has 0 atom stereocenters. The van der Waals surface area contributed by atoms with Crippen molar-refractivity contribution in [1.82, 2.24) is 4.90 Å². The number of nitrogens with one attached hydrogen (secondary N) is 1. The predicted octanol–water partition coefficient (Wildman–Crippen LogP) is 8.16. The van der Waals surface area contributed by atoms with Gasteiger partial charge in [-0.3, -0.25) is 14.4 Å². The lowest BCUT2D eigenvalue weighted by Gasteiger charge is -2.48. The fourth-order valence-corrected chi connectivity index (χ4v) is 8.11. The average Bonchev–Trinajstić information content (AvgIpc) is 2.85. The van der Waals surface area contributed by atoms with Gasteiger partial charge in [0, 0.05) is 54.0 Å². The van der Waals surface area contributed by atoms with Crippen molar-refractivity contribution in [2.45, 2.75) is 73.1 Å². The topological polar surface area (TPSA) is 75.7 Å². The van der Waals surface area contributed by atoms with Crippen molar-refractivity contribution in [2.24, 2.45) is 10.8 Å². The van der Waals surface area contributed by atoms with Gasteiger partial charge in [0.25, 0.3) is 5.91 Å². The third kappa shape index (κ3) is 5.89. The predicted molar refractivity (Wildman–Crippen MR) is 172 cm³/mol. The Labute approximate surface area is 265 Å². The molecule has 0 bridgehead atoms. The number of aryl methyl sites for hydroxylation is 2. The molecule has 6 nitrogen and oxygen atoms in total. The van der Waals surface area contributed by atoms with Crippen LogP contribution in [0.1, 0.15) is 76.0 Å². The van der Waals surface area contributed by atoms with Crippen molar-refractivity contribution < 1.29 is 19.1 Å². The van der Waals surface area contributed by atoms with Gasteiger partial charge in [0.05, 0.1) is 8.95 Å². The molecule has 1 amide bonds. The molecule has 222 valence electrons. The number of hydrogen-bond donors (Lipinski definition) is 1. The maximum absolute atomic E-state index is 13.8. The molecule has 0 spiro atoms. The number of hydrogen-bond acceptors (Lipinski definition) is 5. The number of ketones is 2. The average molecular weight is 698 g/mol. The first-order valence-corrected chi connectivity index (χ1v) is 15.9. The first kappa shape index (κ1) is 30.7. The largest absolute Gasteiger partial charge is 0.481 e. The molecule has 42 heavy (non-hydrogen) atoms. The second-order valence-corrected chi connectivity index (χ2v) is 15.3. The molecular weight excluding hydrogens is 660 g/mol. The van der Waals surface area contributed by atoms with Crippen LogP contribution in [0.15, 0.2) is 61.8 Å². The molecule has 0 radical (unpaired) electrons. The van der Waals surface area contributed by atoms with Gasteiger partial charge in [0.2, 0.25) is 0 Å². The summed E-state index contributed by atoms with van der Waals surface area (Å²) in [6, 6.07) is 9.71. The molecule has 1 heterocycles. The number of Topliss-reactive ketones (excluding diaryl/α,β-unsaturated/α-hetero) is 2. The lowest BCUT2D eigenvalue weighted by molar-refractivity contribution is -0.120. The van der Waals surface area contributed by atoms with Crippen LogP contribution >= 0.6 is 31.9 Å². The van der Waals surface area contributed by atoms with Crippen molar-refractivity contribution >= 4 is 55.0 Å². The molecule has 0 aromatic heterocycles. The van der Waals surface area contributed by atoms with Crippen LogP contribution in [0.5, 0.6) is 5.75 Å². The number of benzene rings is 2. The van der Waals surface area contributed by atoms with Crippen LogP contribution in [0.2, 0.25) is 0 Å². The molecule has 0 saturated heterocycles. The van der Waals surface area contributed by atoms with Crippen LogP contribution in [-0.4, -0.2) is 36.0 Å². The number of amides is 1. The van der Waals surface area contributed by atoms with E-state index >= 15 is 0 Å². The van der Waals surface area contributed by atoms with Gasteiger partial charge in [0.1, 0.15) is 5.75 Å². The van der Waals surface area contributed by atoms with Crippen LogP contribution in [0.25, 0.3) is 0 Å². The molecule has 2 aromatic rings. The van der Waals surface area contributed by atoms with Crippen molar-refractivity contribution in [3.8, 4) is 5.75 Å². The Morgan fingerprint density at radius 3 is 1.93 bits per heavy atom. The van der Waals surface area contributed by atoms with Gasteiger partial charge >= 0.3 is 0 Å². The van der Waals surface area contributed by atoms with E-state index in [0.717, 1.165) is 57.8 Å². The molecule has 0 fully saturated rings. The van der Waals surface area contributed by atoms with Gasteiger partial charge in [-0.2, -0.15) is 0 Å². The summed E-state index contributed by atoms with van der Waals surface area (Å²) in [6.07, 6.45) is 2.42. The minimum Gasteiger partial charge on any atom is -0.481 e. The van der Waals surface area contributed by atoms with Gasteiger partial charge in [-0.05, 0) is 98.7 Å². The fraction of sp³-hybridized carbons (Fsp3) is 0.441. The SMILES string of the molecule is Cc1ccc(NC(=O)COc2c(Br)cc(C3C4=C(CC(C)(C)CC4=O)N(C)C4=C3C(=O)CC(C)(C)C4)cc2Br)c(C)c1. The van der Waals surface area contributed by atoms with E-state index in [1.54, 1.807) is 0 Å². The minimum atomic E-state index is -0.451. The van der Waals surface area contributed by atoms with E-state index in [1.165, 1.54) is 0 Å². The highest BCUT2D eigenvalue weighted by Gasteiger charge is 2.48. The summed E-state index contributed by atoms with van der Waals surface area (Å²) in [5, 5.41) is 2.91. The van der Waals surface area contributed by atoms with E-state index < -0.39 is 5.92 Å². The molecule has 2 aromatic carbocycles. The molecule has 2 aliphatic carbocycles. The number of anilines is 1. The third-order valence-corrected chi connectivity index (χ3v) is 9.72. The Hall–Kier alpha value is -2.71. The molecule has 5 rings (SSSR count). The van der Waals surface area contributed by atoms with Crippen molar-refractivity contribution in [3.63, 3.8) is 0 Å². The molecule has 1 N–H and O–H groups in total. The van der Waals surface area contributed by atoms with Gasteiger partial charge < -0.3 is 15.0 Å². The number of nitrogens with zero attached hydrogens (tertiary/aromatic N) is 1. The lowest BCUT2D eigenvalue weighted by atomic mass is 9.64. The highest BCUT2D eigenvalue weighted by atomic mass is 79.9. The number of halogens is 2. The third-order valence-electron chi connectivity index (χ3n) is 8.54. The van der Waals surface area contributed by atoms with Crippen molar-refractivity contribution in [2.75, 3.05) is 19.0 Å². The van der Waals surface area contributed by atoms with E-state index in [1.807, 2.05) is 51.2 Å². The highest BCUT2D eigenvalue weighted by molar-refractivity contribution is 9.11. The number of carbonyl (C=O) groups is 3. The second kappa shape index (κ2) is 11.1. The summed E-state index contributed by atoms with van der Waals surface area (Å²) >= 11 is 7.31. The Kier molecular flexibility index (Phi) is 8.12. The monoisotopic (exact) mass is 696 g/mol. The Morgan fingerprint density at radius 2 is 1.43 bits per heavy atom. The van der Waals surface area contributed by atoms with E-state index in [0.29, 0.717) is 27.5 Å². The molecule has 0 unspecified atom stereocenters. The number of rotatable bonds is 5. The summed E-state index contributed by atoms with van der Waals surface area (Å²) in [6.45, 7) is 12.3. The number of ether oxygens (including phenoxy) is 1. The molecule has 0 saturated carbocycles. The van der Waals surface area contributed by atoms with E-state index in [9.17, 15) is 14.4 Å². The van der Waals surface area contributed by atoms with Crippen LogP contribution < -0.4 is 10.1 Å². The second-order valence-electron chi connectivity index (χ2n) is 13.6. The molecule has 1 aliphatic heterocycles. The zero-order chi connectivity index (χ0) is 30.7. The summed E-state index contributed by atoms with van der Waals surface area (Å²) in [4.78, 5) is 42.4. The van der Waals surface area contributed by atoms with E-state index in [-0.39, 0.29) is 34.9 Å². The number of carbonyl (C=O) groups excluding carboxylic acids is 3. The van der Waals surface area contributed by atoms with Crippen LogP contribution in [0.3, 0.4) is 0 Å². The van der Waals surface area contributed by atoms with Gasteiger partial charge in [-0.1, -0.05) is 45.4 Å². The standard InChI is InChI=1S/C34H38Br2N2O4/c1-18-8-9-23(19(2)10-18)37-28(41)17-42-32-21(35)11-20(12-22(32)36)29-30-24(13-33(3,4)15-26(30)39)38(7)25-14-34(5,6)16-27(40)31(25)29/h8-12,29H,13-17H2,1-7H3,(H,37,41). The van der Waals surface area contributed by atoms with Crippen LogP contribution in [-0.2, 0) is 14.4 Å². The molecule has 8 heteroatoms. The minimum absolute atomic E-state index is 0.0953. The Morgan fingerprint density at radius 1 is 0.905 bits per heavy atom. The first-order valence-electron chi connectivity index (χ1n) is 14.3. The van der Waals surface area contributed by atoms with E-state index in [2.05, 4.69) is 69.8 Å². The normalized spacial score (nSPS) is 20.0. The maximum Gasteiger partial charge on any atom is 0.262 e. The summed E-state index contributed by atoms with van der Waals surface area (Å²) in [5.74, 6) is -0.0441. The van der Waals surface area contributed by atoms with Gasteiger partial charge in [-0.25, -0.2) is 0 Å². The molecule has 3 aliphatic rings. The van der Waals surface area contributed by atoms with Crippen molar-refractivity contribution in [1.29, 1.82) is 0 Å². The van der Waals surface area contributed by atoms with Crippen LogP contribution in [0, 0.1) is 24.7 Å². The Balaban J connectivity index is 1.49. The summed E-state index contributed by atoms with van der Waals surface area (Å²) in [7, 11) is 2.01. The highest BCUT2D eigenvalue weighted by Crippen LogP contribution is 2.54. The van der Waals surface area contributed by atoms with Gasteiger partial charge in [-0.15, -0.1) is 0 Å². The van der Waals surface area contributed by atoms with E-state index in [4.69, 9.17) is 4.74 Å². The zero-order valence-electron chi connectivity index (χ0n) is 25.3.